The van der Waals surface area contributed by atoms with Crippen molar-refractivity contribution >= 4 is 40.2 Å². The number of nitrogens with zero attached hydrogens (tertiary/aromatic N) is 1. The first-order valence-electron chi connectivity index (χ1n) is 9.44. The van der Waals surface area contributed by atoms with E-state index in [-0.39, 0.29) is 11.3 Å². The van der Waals surface area contributed by atoms with Gasteiger partial charge in [-0.05, 0) is 41.5 Å². The molecule has 0 fully saturated rings. The second-order valence-corrected chi connectivity index (χ2v) is 7.66. The molecule has 0 atom stereocenters. The van der Waals surface area contributed by atoms with Crippen LogP contribution < -0.4 is 15.6 Å². The minimum absolute atomic E-state index is 0.252. The Morgan fingerprint density at radius 3 is 2.55 bits per heavy atom. The lowest BCUT2D eigenvalue weighted by Gasteiger charge is -2.08. The van der Waals surface area contributed by atoms with Crippen molar-refractivity contribution in [2.45, 2.75) is 13.0 Å². The largest absolute Gasteiger partial charge is 0.412 e. The molecule has 1 amide bonds. The zero-order valence-corrected chi connectivity index (χ0v) is 17.7. The van der Waals surface area contributed by atoms with Crippen LogP contribution in [-0.4, -0.2) is 16.1 Å². The first-order valence-corrected chi connectivity index (χ1v) is 10.2. The van der Waals surface area contributed by atoms with Crippen LogP contribution in [0.5, 0.6) is 5.75 Å². The normalized spacial score (nSPS) is 10.8. The van der Waals surface area contributed by atoms with Crippen LogP contribution >= 0.6 is 23.2 Å². The number of amides is 1. The number of halogens is 2. The van der Waals surface area contributed by atoms with Gasteiger partial charge in [0.1, 0.15) is 11.6 Å². The van der Waals surface area contributed by atoms with E-state index in [1.54, 1.807) is 24.3 Å². The molecule has 6 nitrogen and oxygen atoms in total. The molecule has 0 saturated heterocycles. The molecule has 31 heavy (non-hydrogen) atoms. The summed E-state index contributed by atoms with van der Waals surface area (Å²) in [5.74, 6) is 0.743. The highest BCUT2D eigenvalue weighted by atomic mass is 35.5. The van der Waals surface area contributed by atoms with Gasteiger partial charge in [0, 0.05) is 13.0 Å². The molecule has 156 valence electrons. The maximum atomic E-state index is 12.6. The smallest absolute Gasteiger partial charge is 0.410 e. The summed E-state index contributed by atoms with van der Waals surface area (Å²) in [6.07, 6.45) is -0.216. The molecule has 1 aromatic heterocycles. The molecule has 0 spiro atoms. The average molecular weight is 454 g/mol. The number of benzene rings is 3. The van der Waals surface area contributed by atoms with Crippen LogP contribution in [0, 0.1) is 0 Å². The fraction of sp³-hybridized carbons (Fsp3) is 0.0870. The maximum absolute atomic E-state index is 12.6. The van der Waals surface area contributed by atoms with E-state index in [0.717, 1.165) is 11.1 Å². The van der Waals surface area contributed by atoms with E-state index >= 15 is 0 Å². The molecule has 0 bridgehead atoms. The second kappa shape index (κ2) is 9.20. The summed E-state index contributed by atoms with van der Waals surface area (Å²) < 4.78 is 5.29. The summed E-state index contributed by atoms with van der Waals surface area (Å²) in [4.78, 5) is 31.9. The van der Waals surface area contributed by atoms with Gasteiger partial charge in [-0.25, -0.2) is 9.78 Å². The predicted molar refractivity (Wildman–Crippen MR) is 121 cm³/mol. The van der Waals surface area contributed by atoms with Crippen LogP contribution in [0.25, 0.3) is 10.9 Å². The van der Waals surface area contributed by atoms with Crippen molar-refractivity contribution in [3.63, 3.8) is 0 Å². The lowest BCUT2D eigenvalue weighted by molar-refractivity contribution is 0.200. The first kappa shape index (κ1) is 20.9. The number of hydrogen-bond acceptors (Lipinski definition) is 4. The highest BCUT2D eigenvalue weighted by Gasteiger charge is 2.10. The minimum atomic E-state index is -0.608. The van der Waals surface area contributed by atoms with Gasteiger partial charge in [-0.1, -0.05) is 59.6 Å². The summed E-state index contributed by atoms with van der Waals surface area (Å²) in [7, 11) is 0. The number of aromatic nitrogens is 2. The zero-order valence-electron chi connectivity index (χ0n) is 16.2. The third kappa shape index (κ3) is 5.23. The molecule has 0 unspecified atom stereocenters. The molecule has 0 radical (unpaired) electrons. The van der Waals surface area contributed by atoms with Crippen LogP contribution in [0.15, 0.2) is 71.5 Å². The first-order chi connectivity index (χ1) is 15.0. The van der Waals surface area contributed by atoms with Gasteiger partial charge in [-0.2, -0.15) is 0 Å². The van der Waals surface area contributed by atoms with E-state index in [9.17, 15) is 9.59 Å². The van der Waals surface area contributed by atoms with Crippen molar-refractivity contribution in [1.82, 2.24) is 15.3 Å². The van der Waals surface area contributed by atoms with Crippen molar-refractivity contribution in [2.24, 2.45) is 0 Å². The third-order valence-corrected chi connectivity index (χ3v) is 5.31. The summed E-state index contributed by atoms with van der Waals surface area (Å²) in [5.41, 5.74) is 1.99. The Morgan fingerprint density at radius 1 is 0.968 bits per heavy atom. The Labute approximate surface area is 187 Å². The summed E-state index contributed by atoms with van der Waals surface area (Å²) in [6.45, 7) is 0.341. The van der Waals surface area contributed by atoms with E-state index < -0.39 is 6.09 Å². The molecule has 0 aliphatic carbocycles. The number of hydrogen-bond donors (Lipinski definition) is 2. The van der Waals surface area contributed by atoms with Gasteiger partial charge in [0.25, 0.3) is 5.56 Å². The van der Waals surface area contributed by atoms with Gasteiger partial charge < -0.3 is 15.0 Å². The van der Waals surface area contributed by atoms with Gasteiger partial charge >= 0.3 is 6.09 Å². The Kier molecular flexibility index (Phi) is 6.21. The Hall–Kier alpha value is -3.35. The number of fused-ring (bicyclic) bond motifs is 1. The SMILES string of the molecule is O=C(NCc1ccccc1)Oc1ccc2nc(Cc3ccc(Cl)c(Cl)c3)[nH]c(=O)c2c1. The number of nitrogens with one attached hydrogen (secondary N) is 2. The molecule has 0 saturated carbocycles. The van der Waals surface area contributed by atoms with Crippen LogP contribution in [-0.2, 0) is 13.0 Å². The van der Waals surface area contributed by atoms with Crippen molar-refractivity contribution in [3.05, 3.63) is 104 Å². The molecule has 1 heterocycles. The van der Waals surface area contributed by atoms with Crippen LogP contribution in [0.4, 0.5) is 4.79 Å². The maximum Gasteiger partial charge on any atom is 0.412 e. The zero-order chi connectivity index (χ0) is 21.8. The Bertz CT molecular complexity index is 1310. The number of carbonyl (C=O) groups excluding carboxylic acids is 1. The predicted octanol–water partition coefficient (Wildman–Crippen LogP) is 5.11. The van der Waals surface area contributed by atoms with Gasteiger partial charge in [-0.3, -0.25) is 4.79 Å². The standard InChI is InChI=1S/C23H17Cl2N3O3/c24-18-8-6-15(10-19(18)25)11-21-27-20-9-7-16(12-17(20)22(29)28-21)31-23(30)26-13-14-4-2-1-3-5-14/h1-10,12H,11,13H2,(H,26,30)(H,27,28,29). The third-order valence-electron chi connectivity index (χ3n) is 4.57. The van der Waals surface area contributed by atoms with E-state index in [1.165, 1.54) is 6.07 Å². The Morgan fingerprint density at radius 2 is 1.77 bits per heavy atom. The molecular formula is C23H17Cl2N3O3. The van der Waals surface area contributed by atoms with Crippen molar-refractivity contribution in [3.8, 4) is 5.75 Å². The van der Waals surface area contributed by atoms with Crippen molar-refractivity contribution in [1.29, 1.82) is 0 Å². The molecule has 3 aromatic carbocycles. The molecule has 4 rings (SSSR count). The van der Waals surface area contributed by atoms with E-state index in [4.69, 9.17) is 27.9 Å². The molecule has 8 heteroatoms. The molecule has 4 aromatic rings. The highest BCUT2D eigenvalue weighted by molar-refractivity contribution is 6.42. The number of H-pyrrole nitrogens is 1. The van der Waals surface area contributed by atoms with Crippen LogP contribution in [0.3, 0.4) is 0 Å². The van der Waals surface area contributed by atoms with Crippen molar-refractivity contribution < 1.29 is 9.53 Å². The van der Waals surface area contributed by atoms with Gasteiger partial charge in [-0.15, -0.1) is 0 Å². The summed E-state index contributed by atoms with van der Waals surface area (Å²) >= 11 is 12.0. The Balaban J connectivity index is 1.48. The molecule has 0 aliphatic heterocycles. The monoisotopic (exact) mass is 453 g/mol. The van der Waals surface area contributed by atoms with E-state index in [0.29, 0.717) is 39.7 Å². The number of carbonyl (C=O) groups is 1. The molecule has 2 N–H and O–H groups in total. The lowest BCUT2D eigenvalue weighted by Crippen LogP contribution is -2.26. The van der Waals surface area contributed by atoms with E-state index in [1.807, 2.05) is 36.4 Å². The molecular weight excluding hydrogens is 437 g/mol. The highest BCUT2D eigenvalue weighted by Crippen LogP contribution is 2.24. The fourth-order valence-electron chi connectivity index (χ4n) is 3.07. The topological polar surface area (TPSA) is 84.1 Å². The van der Waals surface area contributed by atoms with Crippen LogP contribution in [0.1, 0.15) is 17.0 Å². The number of rotatable bonds is 5. The van der Waals surface area contributed by atoms with Gasteiger partial charge in [0.2, 0.25) is 0 Å². The minimum Gasteiger partial charge on any atom is -0.410 e. The van der Waals surface area contributed by atoms with E-state index in [2.05, 4.69) is 15.3 Å². The lowest BCUT2D eigenvalue weighted by atomic mass is 10.1. The summed E-state index contributed by atoms with van der Waals surface area (Å²) in [5, 5.41) is 3.90. The fourth-order valence-corrected chi connectivity index (χ4v) is 3.39. The average Bonchev–Trinajstić information content (AvgIpc) is 2.76. The van der Waals surface area contributed by atoms with Gasteiger partial charge in [0.15, 0.2) is 0 Å². The van der Waals surface area contributed by atoms with Crippen molar-refractivity contribution in [2.75, 3.05) is 0 Å². The summed E-state index contributed by atoms with van der Waals surface area (Å²) in [6, 6.07) is 19.5. The quantitative estimate of drug-likeness (QED) is 0.439. The number of ether oxygens (including phenoxy) is 1. The second-order valence-electron chi connectivity index (χ2n) is 6.85. The van der Waals surface area contributed by atoms with Gasteiger partial charge in [0.05, 0.1) is 20.9 Å². The number of aromatic amines is 1. The molecule has 0 aliphatic rings. The van der Waals surface area contributed by atoms with Crippen LogP contribution in [0.2, 0.25) is 10.0 Å².